The molecule has 0 bridgehead atoms. The van der Waals surface area contributed by atoms with Crippen LogP contribution in [0.2, 0.25) is 0 Å². The number of rotatable bonds is 8. The SMILES string of the molecule is CCOc1cc(C=C2C(=N)N3N=C(CC)SC3=NC2=O)ccc1OS(=O)(=O)c1ccccc1[N+](=O)[O-]. The molecule has 14 heteroatoms. The molecule has 1 N–H and O–H groups in total. The third-order valence-electron chi connectivity index (χ3n) is 4.91. The summed E-state index contributed by atoms with van der Waals surface area (Å²) in [5.74, 6) is -0.923. The fourth-order valence-electron chi connectivity index (χ4n) is 3.28. The highest BCUT2D eigenvalue weighted by Crippen LogP contribution is 2.35. The molecule has 0 unspecified atom stereocenters. The second-order valence-electron chi connectivity index (χ2n) is 7.27. The molecule has 2 aromatic rings. The Hall–Kier alpha value is -4.04. The van der Waals surface area contributed by atoms with E-state index < -0.39 is 31.5 Å². The second kappa shape index (κ2) is 9.91. The third kappa shape index (κ3) is 4.85. The molecular formula is C22H19N5O7S2. The van der Waals surface area contributed by atoms with Crippen LogP contribution >= 0.6 is 11.8 Å². The van der Waals surface area contributed by atoms with Gasteiger partial charge in [-0.3, -0.25) is 20.3 Å². The highest BCUT2D eigenvalue weighted by molar-refractivity contribution is 8.26. The van der Waals surface area contributed by atoms with Crippen LogP contribution in [0.4, 0.5) is 5.69 Å². The summed E-state index contributed by atoms with van der Waals surface area (Å²) in [6.45, 7) is 3.74. The van der Waals surface area contributed by atoms with Gasteiger partial charge in [0.05, 0.1) is 17.1 Å². The van der Waals surface area contributed by atoms with Crippen LogP contribution in [0, 0.1) is 15.5 Å². The molecule has 4 rings (SSSR count). The Morgan fingerprint density at radius 2 is 1.94 bits per heavy atom. The summed E-state index contributed by atoms with van der Waals surface area (Å²) in [6, 6.07) is 9.01. The first kappa shape index (κ1) is 25.1. The molecule has 0 saturated carbocycles. The number of nitro benzene ring substituents is 1. The van der Waals surface area contributed by atoms with E-state index in [1.165, 1.54) is 53.2 Å². The van der Waals surface area contributed by atoms with Crippen molar-refractivity contribution in [3.8, 4) is 11.5 Å². The van der Waals surface area contributed by atoms with Gasteiger partial charge < -0.3 is 8.92 Å². The van der Waals surface area contributed by atoms with Gasteiger partial charge in [0.25, 0.3) is 11.6 Å². The fraction of sp³-hybridized carbons (Fsp3) is 0.182. The summed E-state index contributed by atoms with van der Waals surface area (Å²) in [5.41, 5.74) is -0.226. The summed E-state index contributed by atoms with van der Waals surface area (Å²) < 4.78 is 36.4. The van der Waals surface area contributed by atoms with Crippen molar-refractivity contribution in [3.63, 3.8) is 0 Å². The number of nitrogens with one attached hydrogen (secondary N) is 1. The number of nitro groups is 1. The Morgan fingerprint density at radius 3 is 2.64 bits per heavy atom. The molecule has 0 saturated heterocycles. The molecule has 0 aliphatic carbocycles. The highest BCUT2D eigenvalue weighted by atomic mass is 32.2. The number of fused-ring (bicyclic) bond motifs is 1. The number of carbonyl (C=O) groups is 1. The first-order chi connectivity index (χ1) is 17.1. The number of hydrogen-bond donors (Lipinski definition) is 1. The number of hydrogen-bond acceptors (Lipinski definition) is 10. The number of carbonyl (C=O) groups excluding carboxylic acids is 1. The zero-order valence-corrected chi connectivity index (χ0v) is 20.6. The Morgan fingerprint density at radius 1 is 1.19 bits per heavy atom. The number of hydrazone groups is 1. The molecule has 2 aromatic carbocycles. The van der Waals surface area contributed by atoms with Crippen molar-refractivity contribution < 1.29 is 27.1 Å². The van der Waals surface area contributed by atoms with Gasteiger partial charge in [0.15, 0.2) is 22.2 Å². The van der Waals surface area contributed by atoms with Crippen LogP contribution in [0.15, 0.2) is 63.0 Å². The summed E-state index contributed by atoms with van der Waals surface area (Å²) in [5, 5.41) is 26.3. The normalized spacial score (nSPS) is 16.5. The maximum absolute atomic E-state index is 12.8. The van der Waals surface area contributed by atoms with E-state index >= 15 is 0 Å². The van der Waals surface area contributed by atoms with Crippen molar-refractivity contribution >= 4 is 55.6 Å². The second-order valence-corrected chi connectivity index (χ2v) is 9.82. The molecule has 2 aliphatic rings. The molecular weight excluding hydrogens is 510 g/mol. The van der Waals surface area contributed by atoms with Crippen LogP contribution < -0.4 is 8.92 Å². The molecule has 186 valence electrons. The monoisotopic (exact) mass is 529 g/mol. The molecule has 1 amide bonds. The van der Waals surface area contributed by atoms with Gasteiger partial charge in [-0.2, -0.15) is 23.5 Å². The van der Waals surface area contributed by atoms with E-state index in [4.69, 9.17) is 14.3 Å². The van der Waals surface area contributed by atoms with Gasteiger partial charge in [0, 0.05) is 6.07 Å². The predicted molar refractivity (Wildman–Crippen MR) is 134 cm³/mol. The molecule has 2 heterocycles. The lowest BCUT2D eigenvalue weighted by Gasteiger charge is -2.20. The molecule has 2 aliphatic heterocycles. The summed E-state index contributed by atoms with van der Waals surface area (Å²) >= 11 is 1.23. The van der Waals surface area contributed by atoms with Gasteiger partial charge in [-0.05, 0) is 54.9 Å². The lowest BCUT2D eigenvalue weighted by atomic mass is 10.1. The Kier molecular flexibility index (Phi) is 6.90. The minimum atomic E-state index is -4.57. The molecule has 12 nitrogen and oxygen atoms in total. The molecule has 36 heavy (non-hydrogen) atoms. The lowest BCUT2D eigenvalue weighted by molar-refractivity contribution is -0.387. The van der Waals surface area contributed by atoms with Crippen molar-refractivity contribution in [1.29, 1.82) is 5.41 Å². The van der Waals surface area contributed by atoms with Gasteiger partial charge in [-0.25, -0.2) is 0 Å². The van der Waals surface area contributed by atoms with Crippen LogP contribution in [0.1, 0.15) is 25.8 Å². The van der Waals surface area contributed by atoms with E-state index in [2.05, 4.69) is 10.1 Å². The number of aliphatic imine (C=N–C) groups is 1. The fourth-order valence-corrected chi connectivity index (χ4v) is 5.21. The van der Waals surface area contributed by atoms with Crippen molar-refractivity contribution in [2.75, 3.05) is 6.61 Å². The van der Waals surface area contributed by atoms with Crippen molar-refractivity contribution in [2.24, 2.45) is 10.1 Å². The smallest absolute Gasteiger partial charge is 0.346 e. The van der Waals surface area contributed by atoms with Gasteiger partial charge in [-0.15, -0.1) is 0 Å². The topological polar surface area (TPSA) is 165 Å². The quantitative estimate of drug-likeness (QED) is 0.232. The number of para-hydroxylation sites is 1. The molecule has 0 aromatic heterocycles. The summed E-state index contributed by atoms with van der Waals surface area (Å²) in [4.78, 5) is 26.4. The van der Waals surface area contributed by atoms with E-state index in [0.717, 1.165) is 17.2 Å². The van der Waals surface area contributed by atoms with E-state index in [0.29, 0.717) is 17.2 Å². The van der Waals surface area contributed by atoms with E-state index in [1.807, 2.05) is 6.92 Å². The molecule has 0 atom stereocenters. The average Bonchev–Trinajstić information content (AvgIpc) is 3.26. The maximum atomic E-state index is 12.8. The van der Waals surface area contributed by atoms with Gasteiger partial charge >= 0.3 is 10.1 Å². The number of ether oxygens (including phenoxy) is 1. The van der Waals surface area contributed by atoms with Gasteiger partial charge in [-0.1, -0.05) is 25.1 Å². The zero-order valence-electron chi connectivity index (χ0n) is 19.0. The lowest BCUT2D eigenvalue weighted by Crippen LogP contribution is -2.35. The number of thioether (sulfide) groups is 1. The highest BCUT2D eigenvalue weighted by Gasteiger charge is 2.35. The average molecular weight is 530 g/mol. The van der Waals surface area contributed by atoms with Crippen LogP contribution in [0.5, 0.6) is 11.5 Å². The largest absolute Gasteiger partial charge is 0.490 e. The van der Waals surface area contributed by atoms with E-state index in [1.54, 1.807) is 6.92 Å². The van der Waals surface area contributed by atoms with E-state index in [9.17, 15) is 23.3 Å². The molecule has 0 radical (unpaired) electrons. The van der Waals surface area contributed by atoms with Gasteiger partial charge in [0.2, 0.25) is 5.17 Å². The van der Waals surface area contributed by atoms with Crippen molar-refractivity contribution in [3.05, 3.63) is 63.7 Å². The standard InChI is InChI=1S/C22H19N5O7S2/c1-3-19-25-26-20(23)14(21(28)24-22(26)35-19)11-13-9-10-16(17(12-13)33-4-2)34-36(31,32)18-8-6-5-7-15(18)27(29)30/h5-12,23H,3-4H2,1-2H3. The predicted octanol–water partition coefficient (Wildman–Crippen LogP) is 3.79. The van der Waals surface area contributed by atoms with Crippen LogP contribution in [0.25, 0.3) is 6.08 Å². The van der Waals surface area contributed by atoms with Crippen LogP contribution in [-0.4, -0.2) is 46.9 Å². The zero-order chi connectivity index (χ0) is 26.0. The minimum Gasteiger partial charge on any atom is -0.490 e. The molecule has 0 fully saturated rings. The number of benzene rings is 2. The first-order valence-corrected chi connectivity index (χ1v) is 12.8. The summed E-state index contributed by atoms with van der Waals surface area (Å²) in [7, 11) is -4.57. The first-order valence-electron chi connectivity index (χ1n) is 10.6. The minimum absolute atomic E-state index is 0.0101. The number of amidine groups is 2. The van der Waals surface area contributed by atoms with Crippen molar-refractivity contribution in [1.82, 2.24) is 5.01 Å². The van der Waals surface area contributed by atoms with Crippen LogP contribution in [0.3, 0.4) is 0 Å². The molecule has 0 spiro atoms. The van der Waals surface area contributed by atoms with E-state index in [-0.39, 0.29) is 29.5 Å². The summed E-state index contributed by atoms with van der Waals surface area (Å²) in [6.07, 6.45) is 2.05. The Balaban J connectivity index is 1.68. The Labute approximate surface area is 210 Å². The maximum Gasteiger partial charge on any atom is 0.346 e. The van der Waals surface area contributed by atoms with Gasteiger partial charge in [0.1, 0.15) is 5.04 Å². The Bertz CT molecular complexity index is 1480. The third-order valence-corrected chi connectivity index (χ3v) is 7.24. The van der Waals surface area contributed by atoms with Crippen LogP contribution in [-0.2, 0) is 14.9 Å². The van der Waals surface area contributed by atoms with Crippen molar-refractivity contribution in [2.45, 2.75) is 25.2 Å². The number of nitrogens with zero attached hydrogens (tertiary/aromatic N) is 4. The number of amides is 1.